The Balaban J connectivity index is 1.82. The molecule has 1 amide bonds. The van der Waals surface area contributed by atoms with Crippen molar-refractivity contribution in [1.82, 2.24) is 5.32 Å². The molecule has 1 heterocycles. The maximum absolute atomic E-state index is 11.5. The van der Waals surface area contributed by atoms with Crippen LogP contribution in [0.2, 0.25) is 0 Å². The van der Waals surface area contributed by atoms with E-state index < -0.39 is 0 Å². The van der Waals surface area contributed by atoms with Gasteiger partial charge in [0.15, 0.2) is 0 Å². The molecule has 1 aliphatic heterocycles. The minimum Gasteiger partial charge on any atom is -0.345 e. The van der Waals surface area contributed by atoms with Crippen LogP contribution in [0.4, 0.5) is 0 Å². The van der Waals surface area contributed by atoms with Crippen molar-refractivity contribution in [1.29, 1.82) is 0 Å². The molecule has 0 aromatic heterocycles. The minimum atomic E-state index is -0.196. The first-order valence-corrected chi connectivity index (χ1v) is 5.73. The molecule has 1 aliphatic carbocycles. The zero-order chi connectivity index (χ0) is 9.26. The van der Waals surface area contributed by atoms with Crippen LogP contribution in [-0.4, -0.2) is 22.8 Å². The van der Waals surface area contributed by atoms with Crippen LogP contribution >= 0.6 is 11.8 Å². The van der Waals surface area contributed by atoms with Gasteiger partial charge in [0.25, 0.3) is 0 Å². The summed E-state index contributed by atoms with van der Waals surface area (Å²) in [5.74, 6) is 1.14. The largest absolute Gasteiger partial charge is 0.345 e. The number of carbonyl (C=O) groups excluding carboxylic acids is 2. The maximum atomic E-state index is 11.5. The smallest absolute Gasteiger partial charge is 0.223 e. The summed E-state index contributed by atoms with van der Waals surface area (Å²) in [6, 6.07) is -0.196. The molecule has 0 unspecified atom stereocenters. The second kappa shape index (κ2) is 3.70. The molecule has 13 heavy (non-hydrogen) atoms. The Labute approximate surface area is 81.6 Å². The number of thioether (sulfide) groups is 1. The summed E-state index contributed by atoms with van der Waals surface area (Å²) in [5.41, 5.74) is 0. The molecular weight excluding hydrogens is 186 g/mol. The average Bonchev–Trinajstić information content (AvgIpc) is 2.32. The molecule has 1 N–H and O–H groups in total. The fourth-order valence-corrected chi connectivity index (χ4v) is 2.52. The fourth-order valence-electron chi connectivity index (χ4n) is 1.59. The monoisotopic (exact) mass is 199 g/mol. The summed E-state index contributed by atoms with van der Waals surface area (Å²) in [6.45, 7) is 0. The molecule has 0 bridgehead atoms. The SMILES string of the molecule is O=C(N[C@H]1CCSC1=O)C1CCC1. The van der Waals surface area contributed by atoms with E-state index in [2.05, 4.69) is 5.32 Å². The Morgan fingerprint density at radius 3 is 2.62 bits per heavy atom. The molecule has 0 aromatic rings. The van der Waals surface area contributed by atoms with Gasteiger partial charge in [-0.3, -0.25) is 9.59 Å². The molecule has 1 atom stereocenters. The Hall–Kier alpha value is -0.510. The third kappa shape index (κ3) is 1.88. The summed E-state index contributed by atoms with van der Waals surface area (Å²) >= 11 is 1.33. The van der Waals surface area contributed by atoms with Gasteiger partial charge in [0.05, 0.1) is 6.04 Å². The summed E-state index contributed by atoms with van der Waals surface area (Å²) in [7, 11) is 0. The van der Waals surface area contributed by atoms with Gasteiger partial charge < -0.3 is 5.32 Å². The first kappa shape index (κ1) is 9.06. The van der Waals surface area contributed by atoms with E-state index in [-0.39, 0.29) is 23.0 Å². The number of rotatable bonds is 2. The van der Waals surface area contributed by atoms with E-state index in [1.807, 2.05) is 0 Å². The Kier molecular flexibility index (Phi) is 2.58. The zero-order valence-corrected chi connectivity index (χ0v) is 8.23. The van der Waals surface area contributed by atoms with Gasteiger partial charge in [0.1, 0.15) is 0 Å². The lowest BCUT2D eigenvalue weighted by Gasteiger charge is -2.25. The maximum Gasteiger partial charge on any atom is 0.223 e. The van der Waals surface area contributed by atoms with E-state index in [1.165, 1.54) is 11.8 Å². The number of carbonyl (C=O) groups is 2. The quantitative estimate of drug-likeness (QED) is 0.719. The summed E-state index contributed by atoms with van der Waals surface area (Å²) in [5, 5.41) is 2.95. The molecule has 0 radical (unpaired) electrons. The van der Waals surface area contributed by atoms with Crippen LogP contribution in [0.25, 0.3) is 0 Å². The van der Waals surface area contributed by atoms with E-state index in [1.54, 1.807) is 0 Å². The van der Waals surface area contributed by atoms with Crippen LogP contribution in [0.1, 0.15) is 25.7 Å². The Bertz CT molecular complexity index is 238. The predicted molar refractivity (Wildman–Crippen MR) is 51.4 cm³/mol. The van der Waals surface area contributed by atoms with Gasteiger partial charge in [-0.2, -0.15) is 0 Å². The van der Waals surface area contributed by atoms with Crippen molar-refractivity contribution in [2.24, 2.45) is 5.92 Å². The van der Waals surface area contributed by atoms with Crippen molar-refractivity contribution >= 4 is 22.8 Å². The van der Waals surface area contributed by atoms with Crippen LogP contribution in [0.5, 0.6) is 0 Å². The van der Waals surface area contributed by atoms with Crippen molar-refractivity contribution in [3.8, 4) is 0 Å². The van der Waals surface area contributed by atoms with Crippen molar-refractivity contribution in [2.75, 3.05) is 5.75 Å². The van der Waals surface area contributed by atoms with E-state index in [0.717, 1.165) is 31.4 Å². The highest BCUT2D eigenvalue weighted by Crippen LogP contribution is 2.27. The van der Waals surface area contributed by atoms with Gasteiger partial charge in [-0.05, 0) is 19.3 Å². The lowest BCUT2D eigenvalue weighted by Crippen LogP contribution is -2.42. The van der Waals surface area contributed by atoms with E-state index >= 15 is 0 Å². The van der Waals surface area contributed by atoms with Gasteiger partial charge in [-0.1, -0.05) is 18.2 Å². The molecule has 72 valence electrons. The highest BCUT2D eigenvalue weighted by molar-refractivity contribution is 8.14. The highest BCUT2D eigenvalue weighted by atomic mass is 32.2. The third-order valence-corrected chi connectivity index (χ3v) is 3.74. The van der Waals surface area contributed by atoms with Gasteiger partial charge in [-0.15, -0.1) is 0 Å². The van der Waals surface area contributed by atoms with E-state index in [9.17, 15) is 9.59 Å². The number of nitrogens with one attached hydrogen (secondary N) is 1. The average molecular weight is 199 g/mol. The fraction of sp³-hybridized carbons (Fsp3) is 0.778. The first-order chi connectivity index (χ1) is 6.27. The van der Waals surface area contributed by atoms with Crippen LogP contribution in [0.15, 0.2) is 0 Å². The molecule has 2 aliphatic rings. The van der Waals surface area contributed by atoms with Crippen LogP contribution in [0.3, 0.4) is 0 Å². The highest BCUT2D eigenvalue weighted by Gasteiger charge is 2.31. The molecule has 2 rings (SSSR count). The van der Waals surface area contributed by atoms with E-state index in [4.69, 9.17) is 0 Å². The van der Waals surface area contributed by atoms with Crippen molar-refractivity contribution in [3.05, 3.63) is 0 Å². The van der Waals surface area contributed by atoms with Gasteiger partial charge in [-0.25, -0.2) is 0 Å². The van der Waals surface area contributed by atoms with Gasteiger partial charge in [0.2, 0.25) is 11.0 Å². The van der Waals surface area contributed by atoms with Crippen molar-refractivity contribution < 1.29 is 9.59 Å². The van der Waals surface area contributed by atoms with E-state index in [0.29, 0.717) is 0 Å². The molecule has 1 saturated carbocycles. The Morgan fingerprint density at radius 2 is 2.15 bits per heavy atom. The minimum absolute atomic E-state index is 0.0899. The normalized spacial score (nSPS) is 28.6. The van der Waals surface area contributed by atoms with Crippen molar-refractivity contribution in [3.63, 3.8) is 0 Å². The lowest BCUT2D eigenvalue weighted by atomic mass is 9.84. The third-order valence-electron chi connectivity index (χ3n) is 2.73. The number of hydrogen-bond acceptors (Lipinski definition) is 3. The standard InChI is InChI=1S/C9H13NO2S/c11-8(6-2-1-3-6)10-7-4-5-13-9(7)12/h6-7H,1-5H2,(H,10,11)/t7-/m0/s1. The Morgan fingerprint density at radius 1 is 1.38 bits per heavy atom. The zero-order valence-electron chi connectivity index (χ0n) is 7.41. The molecular formula is C9H13NO2S. The topological polar surface area (TPSA) is 46.2 Å². The number of amides is 1. The van der Waals surface area contributed by atoms with Gasteiger partial charge >= 0.3 is 0 Å². The molecule has 4 heteroatoms. The van der Waals surface area contributed by atoms with Gasteiger partial charge in [0, 0.05) is 11.7 Å². The van der Waals surface area contributed by atoms with Crippen LogP contribution < -0.4 is 5.32 Å². The molecule has 2 fully saturated rings. The molecule has 3 nitrogen and oxygen atoms in total. The lowest BCUT2D eigenvalue weighted by molar-refractivity contribution is -0.129. The molecule has 0 aromatic carbocycles. The second-order valence-corrected chi connectivity index (χ2v) is 4.74. The first-order valence-electron chi connectivity index (χ1n) is 4.74. The second-order valence-electron chi connectivity index (χ2n) is 3.65. The van der Waals surface area contributed by atoms with Crippen LogP contribution in [-0.2, 0) is 9.59 Å². The summed E-state index contributed by atoms with van der Waals surface area (Å²) in [6.07, 6.45) is 3.97. The number of hydrogen-bond donors (Lipinski definition) is 1. The van der Waals surface area contributed by atoms with Crippen LogP contribution in [0, 0.1) is 5.92 Å². The molecule has 1 saturated heterocycles. The summed E-state index contributed by atoms with van der Waals surface area (Å²) in [4.78, 5) is 22.6. The predicted octanol–water partition coefficient (Wildman–Crippen LogP) is 0.935. The van der Waals surface area contributed by atoms with Crippen molar-refractivity contribution in [2.45, 2.75) is 31.7 Å². The molecule has 0 spiro atoms. The summed E-state index contributed by atoms with van der Waals surface area (Å²) < 4.78 is 0.